The van der Waals surface area contributed by atoms with Gasteiger partial charge in [-0.15, -0.1) is 0 Å². The van der Waals surface area contributed by atoms with E-state index < -0.39 is 6.95 Å². The molecule has 1 atom stereocenters. The highest BCUT2D eigenvalue weighted by Gasteiger charge is 2.19. The first-order valence-electron chi connectivity index (χ1n) is 4.27. The fraction of sp³-hybridized carbons (Fsp3) is 0.333. The predicted molar refractivity (Wildman–Crippen MR) is 56.3 cm³/mol. The summed E-state index contributed by atoms with van der Waals surface area (Å²) in [6.07, 6.45) is 0. The highest BCUT2D eigenvalue weighted by Crippen LogP contribution is 2.53. The standard InChI is InChI=1S/C9H12ClO3P/c1-2-12-14(10,11)13-8-9-6-4-3-5-7-9/h3-7H,2,8H2,1H3/t14-/m1/s1. The van der Waals surface area contributed by atoms with Gasteiger partial charge in [0.15, 0.2) is 0 Å². The molecular formula is C9H12ClO3P. The van der Waals surface area contributed by atoms with Gasteiger partial charge in [0.05, 0.1) is 13.2 Å². The molecule has 0 amide bonds. The third kappa shape index (κ3) is 4.25. The summed E-state index contributed by atoms with van der Waals surface area (Å²) in [5, 5.41) is 0. The molecule has 0 bridgehead atoms. The Hall–Kier alpha value is -0.340. The van der Waals surface area contributed by atoms with Crippen molar-refractivity contribution in [2.24, 2.45) is 0 Å². The lowest BCUT2D eigenvalue weighted by Gasteiger charge is -2.09. The minimum absolute atomic E-state index is 0.196. The van der Waals surface area contributed by atoms with Crippen molar-refractivity contribution in [2.75, 3.05) is 6.61 Å². The average molecular weight is 235 g/mol. The van der Waals surface area contributed by atoms with E-state index >= 15 is 0 Å². The van der Waals surface area contributed by atoms with E-state index in [2.05, 4.69) is 0 Å². The minimum Gasteiger partial charge on any atom is -0.297 e. The van der Waals surface area contributed by atoms with Crippen LogP contribution in [0.5, 0.6) is 0 Å². The molecule has 3 nitrogen and oxygen atoms in total. The molecule has 0 unspecified atom stereocenters. The molecule has 1 aromatic rings. The number of hydrogen-bond acceptors (Lipinski definition) is 3. The summed E-state index contributed by atoms with van der Waals surface area (Å²) in [6, 6.07) is 9.37. The van der Waals surface area contributed by atoms with E-state index in [1.54, 1.807) is 6.92 Å². The molecule has 14 heavy (non-hydrogen) atoms. The van der Waals surface area contributed by atoms with Gasteiger partial charge >= 0.3 is 6.95 Å². The Balaban J connectivity index is 2.45. The second-order valence-corrected chi connectivity index (χ2v) is 5.23. The van der Waals surface area contributed by atoms with Gasteiger partial charge in [-0.25, -0.2) is 4.57 Å². The van der Waals surface area contributed by atoms with E-state index in [1.807, 2.05) is 30.3 Å². The molecule has 78 valence electrons. The SMILES string of the molecule is CCO[P@](=O)(Cl)OCc1ccccc1. The maximum absolute atomic E-state index is 11.3. The topological polar surface area (TPSA) is 35.5 Å². The summed E-state index contributed by atoms with van der Waals surface area (Å²) in [5.41, 5.74) is 0.910. The molecule has 0 heterocycles. The van der Waals surface area contributed by atoms with Gasteiger partial charge in [-0.1, -0.05) is 30.3 Å². The van der Waals surface area contributed by atoms with Crippen LogP contribution in [0.4, 0.5) is 0 Å². The first-order valence-corrected chi connectivity index (χ1v) is 6.71. The smallest absolute Gasteiger partial charge is 0.297 e. The van der Waals surface area contributed by atoms with Gasteiger partial charge in [-0.3, -0.25) is 9.05 Å². The van der Waals surface area contributed by atoms with Gasteiger partial charge < -0.3 is 0 Å². The predicted octanol–water partition coefficient (Wildman–Crippen LogP) is 3.59. The van der Waals surface area contributed by atoms with Crippen molar-refractivity contribution in [3.63, 3.8) is 0 Å². The molecule has 0 N–H and O–H groups in total. The molecule has 0 aliphatic rings. The zero-order valence-corrected chi connectivity index (χ0v) is 9.50. The van der Waals surface area contributed by atoms with Gasteiger partial charge in [0.25, 0.3) is 0 Å². The van der Waals surface area contributed by atoms with Crippen LogP contribution in [0, 0.1) is 0 Å². The number of halogens is 1. The zero-order chi connectivity index (χ0) is 10.4. The van der Waals surface area contributed by atoms with Crippen molar-refractivity contribution in [3.05, 3.63) is 35.9 Å². The minimum atomic E-state index is -3.39. The maximum Gasteiger partial charge on any atom is 0.424 e. The summed E-state index contributed by atoms with van der Waals surface area (Å²) >= 11 is 5.50. The molecule has 0 saturated heterocycles. The fourth-order valence-electron chi connectivity index (χ4n) is 0.917. The summed E-state index contributed by atoms with van der Waals surface area (Å²) in [6.45, 7) is -1.21. The van der Waals surface area contributed by atoms with Crippen molar-refractivity contribution in [2.45, 2.75) is 13.5 Å². The van der Waals surface area contributed by atoms with Gasteiger partial charge in [-0.2, -0.15) is 0 Å². The van der Waals surface area contributed by atoms with E-state index in [0.29, 0.717) is 0 Å². The van der Waals surface area contributed by atoms with Gasteiger partial charge in [0.1, 0.15) is 0 Å². The summed E-state index contributed by atoms with van der Waals surface area (Å²) < 4.78 is 21.0. The number of rotatable bonds is 5. The Morgan fingerprint density at radius 2 is 1.93 bits per heavy atom. The lowest BCUT2D eigenvalue weighted by molar-refractivity contribution is 0.219. The Labute approximate surface area is 88.3 Å². The zero-order valence-electron chi connectivity index (χ0n) is 7.85. The van der Waals surface area contributed by atoms with Crippen LogP contribution in [0.3, 0.4) is 0 Å². The van der Waals surface area contributed by atoms with E-state index in [-0.39, 0.29) is 13.2 Å². The molecule has 0 aliphatic heterocycles. The first-order chi connectivity index (χ1) is 6.64. The largest absolute Gasteiger partial charge is 0.424 e. The van der Waals surface area contributed by atoms with Gasteiger partial charge in [0.2, 0.25) is 0 Å². The van der Waals surface area contributed by atoms with Crippen LogP contribution in [0.2, 0.25) is 0 Å². The maximum atomic E-state index is 11.3. The quantitative estimate of drug-likeness (QED) is 0.731. The molecule has 0 aromatic heterocycles. The van der Waals surface area contributed by atoms with E-state index in [9.17, 15) is 4.57 Å². The number of hydrogen-bond donors (Lipinski definition) is 0. The molecule has 5 heteroatoms. The van der Waals surface area contributed by atoms with Crippen molar-refractivity contribution >= 4 is 18.2 Å². The Morgan fingerprint density at radius 1 is 1.29 bits per heavy atom. The van der Waals surface area contributed by atoms with Crippen LogP contribution in [0.1, 0.15) is 12.5 Å². The van der Waals surface area contributed by atoms with Crippen molar-refractivity contribution in [3.8, 4) is 0 Å². The third-order valence-electron chi connectivity index (χ3n) is 1.51. The normalized spacial score (nSPS) is 15.0. The Morgan fingerprint density at radius 3 is 2.50 bits per heavy atom. The molecular weight excluding hydrogens is 223 g/mol. The number of benzene rings is 1. The lowest BCUT2D eigenvalue weighted by Crippen LogP contribution is -1.91. The molecule has 0 fully saturated rings. The highest BCUT2D eigenvalue weighted by molar-refractivity contribution is 7.81. The van der Waals surface area contributed by atoms with Gasteiger partial charge in [0, 0.05) is 11.2 Å². The van der Waals surface area contributed by atoms with Crippen molar-refractivity contribution in [1.29, 1.82) is 0 Å². The monoisotopic (exact) mass is 234 g/mol. The molecule has 0 spiro atoms. The fourth-order valence-corrected chi connectivity index (χ4v) is 2.04. The Kier molecular flexibility index (Phi) is 4.63. The molecule has 0 saturated carbocycles. The van der Waals surface area contributed by atoms with E-state index in [1.165, 1.54) is 0 Å². The molecule has 0 radical (unpaired) electrons. The van der Waals surface area contributed by atoms with Crippen LogP contribution in [-0.2, 0) is 20.2 Å². The van der Waals surface area contributed by atoms with Crippen LogP contribution >= 0.6 is 18.2 Å². The molecule has 1 rings (SSSR count). The van der Waals surface area contributed by atoms with E-state index in [0.717, 1.165) is 5.56 Å². The molecule has 1 aromatic carbocycles. The molecule has 0 aliphatic carbocycles. The van der Waals surface area contributed by atoms with Crippen LogP contribution < -0.4 is 0 Å². The Bertz CT molecular complexity index is 315. The van der Waals surface area contributed by atoms with Crippen LogP contribution in [0.25, 0.3) is 0 Å². The second-order valence-electron chi connectivity index (χ2n) is 2.61. The summed E-state index contributed by atoms with van der Waals surface area (Å²) in [5.74, 6) is 0. The van der Waals surface area contributed by atoms with E-state index in [4.69, 9.17) is 20.3 Å². The third-order valence-corrected chi connectivity index (χ3v) is 3.10. The first kappa shape index (κ1) is 11.7. The van der Waals surface area contributed by atoms with Crippen molar-refractivity contribution < 1.29 is 13.6 Å². The van der Waals surface area contributed by atoms with Crippen LogP contribution in [0.15, 0.2) is 30.3 Å². The van der Waals surface area contributed by atoms with Crippen molar-refractivity contribution in [1.82, 2.24) is 0 Å². The summed E-state index contributed by atoms with van der Waals surface area (Å²) in [4.78, 5) is 0. The second kappa shape index (κ2) is 5.52. The van der Waals surface area contributed by atoms with Crippen LogP contribution in [-0.4, -0.2) is 6.61 Å². The highest BCUT2D eigenvalue weighted by atomic mass is 35.7. The summed E-state index contributed by atoms with van der Waals surface area (Å²) in [7, 11) is 0. The average Bonchev–Trinajstić information content (AvgIpc) is 2.17. The van der Waals surface area contributed by atoms with Gasteiger partial charge in [-0.05, 0) is 12.5 Å². The lowest BCUT2D eigenvalue weighted by atomic mass is 10.2.